The van der Waals surface area contributed by atoms with Crippen LogP contribution in [-0.4, -0.2) is 77.6 Å². The van der Waals surface area contributed by atoms with E-state index in [1.807, 2.05) is 0 Å². The molecule has 5 nitrogen and oxygen atoms in total. The number of likely N-dealkylation sites (tertiary alicyclic amines) is 1. The molecule has 176 valence electrons. The first-order valence-electron chi connectivity index (χ1n) is 12.5. The monoisotopic (exact) mass is 429 g/mol. The van der Waals surface area contributed by atoms with Crippen LogP contribution in [0.2, 0.25) is 0 Å². The van der Waals surface area contributed by atoms with Gasteiger partial charge in [0.15, 0.2) is 0 Å². The van der Waals surface area contributed by atoms with Crippen molar-refractivity contribution in [3.8, 4) is 0 Å². The van der Waals surface area contributed by atoms with E-state index in [-0.39, 0.29) is 18.6 Å². The fraction of sp³-hybridized carbons (Fsp3) is 1.00. The van der Waals surface area contributed by atoms with Crippen LogP contribution in [0.5, 0.6) is 0 Å². The number of alkyl halides is 1. The molecule has 0 bridgehead atoms. The third kappa shape index (κ3) is 6.86. The second-order valence-electron chi connectivity index (χ2n) is 10.0. The predicted molar refractivity (Wildman–Crippen MR) is 116 cm³/mol. The summed E-state index contributed by atoms with van der Waals surface area (Å²) in [6, 6.07) is -0.366. The van der Waals surface area contributed by atoms with Gasteiger partial charge in [-0.15, -0.1) is 0 Å². The molecule has 2 aliphatic carbocycles. The van der Waals surface area contributed by atoms with Crippen LogP contribution in [0.3, 0.4) is 0 Å². The van der Waals surface area contributed by atoms with Crippen LogP contribution in [-0.2, 0) is 4.74 Å². The first-order valence-corrected chi connectivity index (χ1v) is 12.5. The summed E-state index contributed by atoms with van der Waals surface area (Å²) >= 11 is 0. The second-order valence-corrected chi connectivity index (χ2v) is 10.0. The normalized spacial score (nSPS) is 36.8. The Hall–Kier alpha value is -0.270. The number of hydrogen-bond donors (Lipinski definition) is 3. The Morgan fingerprint density at radius 2 is 1.70 bits per heavy atom. The van der Waals surface area contributed by atoms with Crippen molar-refractivity contribution in [1.29, 1.82) is 0 Å². The summed E-state index contributed by atoms with van der Waals surface area (Å²) in [7, 11) is 0. The highest BCUT2D eigenvalue weighted by Gasteiger charge is 2.36. The van der Waals surface area contributed by atoms with Crippen LogP contribution in [0.4, 0.5) is 4.39 Å². The van der Waals surface area contributed by atoms with E-state index >= 15 is 0 Å². The SMILES string of the molecule is OCC1[C@H](O)[C@H](O)CCN1CCCCCOCC1CCC(C2CCCCC2)CC1F. The molecule has 0 spiro atoms. The summed E-state index contributed by atoms with van der Waals surface area (Å²) in [4.78, 5) is 2.08. The zero-order valence-corrected chi connectivity index (χ0v) is 18.6. The van der Waals surface area contributed by atoms with E-state index < -0.39 is 18.4 Å². The van der Waals surface area contributed by atoms with Gasteiger partial charge in [-0.2, -0.15) is 0 Å². The van der Waals surface area contributed by atoms with Gasteiger partial charge in [0, 0.05) is 19.1 Å². The molecule has 1 aliphatic heterocycles. The summed E-state index contributed by atoms with van der Waals surface area (Å²) < 4.78 is 20.5. The Morgan fingerprint density at radius 1 is 0.900 bits per heavy atom. The third-order valence-electron chi connectivity index (χ3n) is 7.99. The molecule has 1 heterocycles. The summed E-state index contributed by atoms with van der Waals surface area (Å²) in [6.45, 7) is 2.63. The van der Waals surface area contributed by atoms with E-state index in [1.54, 1.807) is 0 Å². The van der Waals surface area contributed by atoms with Gasteiger partial charge in [0.25, 0.3) is 0 Å². The first kappa shape index (κ1) is 24.4. The molecule has 3 N–H and O–H groups in total. The van der Waals surface area contributed by atoms with E-state index in [0.717, 1.165) is 44.6 Å². The molecule has 3 rings (SSSR count). The van der Waals surface area contributed by atoms with Gasteiger partial charge in [-0.1, -0.05) is 32.1 Å². The summed E-state index contributed by atoms with van der Waals surface area (Å²) in [5, 5.41) is 29.2. The van der Waals surface area contributed by atoms with Crippen LogP contribution >= 0.6 is 0 Å². The molecule has 0 aromatic heterocycles. The highest BCUT2D eigenvalue weighted by atomic mass is 19.1. The minimum Gasteiger partial charge on any atom is -0.395 e. The van der Waals surface area contributed by atoms with Crippen LogP contribution in [0, 0.1) is 17.8 Å². The van der Waals surface area contributed by atoms with Crippen molar-refractivity contribution in [2.45, 2.75) is 101 Å². The Kier molecular flexibility index (Phi) is 10.3. The van der Waals surface area contributed by atoms with Crippen molar-refractivity contribution < 1.29 is 24.4 Å². The lowest BCUT2D eigenvalue weighted by Gasteiger charge is -2.40. The summed E-state index contributed by atoms with van der Waals surface area (Å²) in [5.41, 5.74) is 0. The lowest BCUT2D eigenvalue weighted by Crippen LogP contribution is -2.56. The number of hydrogen-bond acceptors (Lipinski definition) is 5. The fourth-order valence-corrected chi connectivity index (χ4v) is 5.97. The lowest BCUT2D eigenvalue weighted by atomic mass is 9.70. The maximum absolute atomic E-state index is 14.7. The topological polar surface area (TPSA) is 73.2 Å². The quantitative estimate of drug-likeness (QED) is 0.465. The van der Waals surface area contributed by atoms with Crippen molar-refractivity contribution in [1.82, 2.24) is 4.90 Å². The molecule has 0 aromatic rings. The molecule has 0 amide bonds. The number of aliphatic hydroxyl groups excluding tert-OH is 3. The molecule has 2 saturated carbocycles. The van der Waals surface area contributed by atoms with E-state index in [9.17, 15) is 19.7 Å². The Morgan fingerprint density at radius 3 is 2.43 bits per heavy atom. The largest absolute Gasteiger partial charge is 0.395 e. The fourth-order valence-electron chi connectivity index (χ4n) is 5.97. The molecule has 0 aromatic carbocycles. The maximum atomic E-state index is 14.7. The smallest absolute Gasteiger partial charge is 0.105 e. The number of unbranched alkanes of at least 4 members (excludes halogenated alkanes) is 2. The van der Waals surface area contributed by atoms with Crippen molar-refractivity contribution in [2.75, 3.05) is 32.9 Å². The van der Waals surface area contributed by atoms with Gasteiger partial charge >= 0.3 is 0 Å². The van der Waals surface area contributed by atoms with Crippen molar-refractivity contribution in [3.63, 3.8) is 0 Å². The highest BCUT2D eigenvalue weighted by Crippen LogP contribution is 2.41. The average molecular weight is 430 g/mol. The number of halogens is 1. The van der Waals surface area contributed by atoms with Gasteiger partial charge in [0.2, 0.25) is 0 Å². The number of nitrogens with zero attached hydrogens (tertiary/aromatic N) is 1. The molecular weight excluding hydrogens is 385 g/mol. The van der Waals surface area contributed by atoms with Gasteiger partial charge in [-0.05, 0) is 63.3 Å². The van der Waals surface area contributed by atoms with Crippen molar-refractivity contribution in [3.05, 3.63) is 0 Å². The van der Waals surface area contributed by atoms with Gasteiger partial charge in [-0.3, -0.25) is 4.90 Å². The van der Waals surface area contributed by atoms with E-state index in [1.165, 1.54) is 38.5 Å². The molecule has 1 saturated heterocycles. The molecule has 0 radical (unpaired) electrons. The predicted octanol–water partition coefficient (Wildman–Crippen LogP) is 3.30. The number of rotatable bonds is 10. The Bertz CT molecular complexity index is 476. The standard InChI is InChI=1S/C24H44FNO4/c25-21-15-19(18-7-3-1-4-8-18)9-10-20(21)17-30-14-6-2-5-12-26-13-11-23(28)24(29)22(26)16-27/h18-24,27-29H,1-17H2/t19?,20?,21?,22?,23-,24+/m1/s1. The molecular formula is C24H44FNO4. The Balaban J connectivity index is 1.23. The number of aliphatic hydroxyl groups is 3. The van der Waals surface area contributed by atoms with E-state index in [2.05, 4.69) is 4.90 Å². The summed E-state index contributed by atoms with van der Waals surface area (Å²) in [5.74, 6) is 1.46. The minimum atomic E-state index is -0.867. The van der Waals surface area contributed by atoms with Gasteiger partial charge in [0.05, 0.1) is 31.5 Å². The highest BCUT2D eigenvalue weighted by molar-refractivity contribution is 4.89. The molecule has 6 atom stereocenters. The maximum Gasteiger partial charge on any atom is 0.105 e. The average Bonchev–Trinajstić information content (AvgIpc) is 2.77. The molecule has 3 aliphatic rings. The zero-order chi connectivity index (χ0) is 21.3. The zero-order valence-electron chi connectivity index (χ0n) is 18.6. The van der Waals surface area contributed by atoms with Crippen LogP contribution in [0.25, 0.3) is 0 Å². The molecule has 30 heavy (non-hydrogen) atoms. The minimum absolute atomic E-state index is 0.0800. The van der Waals surface area contributed by atoms with Crippen LogP contribution in [0.1, 0.15) is 77.0 Å². The molecule has 4 unspecified atom stereocenters. The third-order valence-corrected chi connectivity index (χ3v) is 7.99. The lowest BCUT2D eigenvalue weighted by molar-refractivity contribution is -0.0897. The van der Waals surface area contributed by atoms with Gasteiger partial charge < -0.3 is 20.1 Å². The van der Waals surface area contributed by atoms with E-state index in [0.29, 0.717) is 32.1 Å². The molecule has 6 heteroatoms. The number of piperidine rings is 1. The number of ether oxygens (including phenoxy) is 1. The second kappa shape index (κ2) is 12.7. The van der Waals surface area contributed by atoms with Crippen molar-refractivity contribution in [2.24, 2.45) is 17.8 Å². The van der Waals surface area contributed by atoms with Crippen LogP contribution < -0.4 is 0 Å². The van der Waals surface area contributed by atoms with Gasteiger partial charge in [-0.25, -0.2) is 4.39 Å². The molecule has 3 fully saturated rings. The van der Waals surface area contributed by atoms with Crippen molar-refractivity contribution >= 4 is 0 Å². The first-order chi connectivity index (χ1) is 14.6. The van der Waals surface area contributed by atoms with Gasteiger partial charge in [0.1, 0.15) is 6.17 Å². The summed E-state index contributed by atoms with van der Waals surface area (Å²) in [6.07, 6.45) is 10.8. The Labute approximate surface area is 182 Å². The van der Waals surface area contributed by atoms with E-state index in [4.69, 9.17) is 4.74 Å². The van der Waals surface area contributed by atoms with Crippen LogP contribution in [0.15, 0.2) is 0 Å².